The molecule has 6 rings (SSSR count). The van der Waals surface area contributed by atoms with Crippen LogP contribution in [-0.4, -0.2) is 0 Å². The SMILES string of the molecule is CC(C)(C)c1ccc(CC23CC2CC2(C)[NH2+]C(C)(c4ccccc42)c2ccccc23)cc1. The van der Waals surface area contributed by atoms with Crippen molar-refractivity contribution in [1.29, 1.82) is 0 Å². The standard InChI is InChI=1S/C31H35N/c1-28(2,3)22-16-14-21(15-17-22)18-31-20-23(31)19-29(4)24-10-6-7-11-25(24)30(5,32-29)26-12-8-9-13-27(26)31/h6-17,23,32H,18-20H2,1-5H3/p+1. The van der Waals surface area contributed by atoms with Crippen LogP contribution in [0.3, 0.4) is 0 Å². The minimum absolute atomic E-state index is 0.0153. The van der Waals surface area contributed by atoms with Crippen LogP contribution in [0.4, 0.5) is 0 Å². The Kier molecular flexibility index (Phi) is 4.02. The van der Waals surface area contributed by atoms with Crippen LogP contribution in [0.1, 0.15) is 80.8 Å². The number of rotatable bonds is 2. The number of hydrogen-bond donors (Lipinski definition) is 1. The van der Waals surface area contributed by atoms with Crippen LogP contribution in [0.2, 0.25) is 0 Å². The highest BCUT2D eigenvalue weighted by atomic mass is 15.1. The van der Waals surface area contributed by atoms with Crippen LogP contribution in [0.25, 0.3) is 0 Å². The zero-order valence-electron chi connectivity index (χ0n) is 20.2. The van der Waals surface area contributed by atoms with E-state index in [0.717, 1.165) is 12.3 Å². The molecule has 0 aromatic heterocycles. The van der Waals surface area contributed by atoms with Crippen LogP contribution in [0.5, 0.6) is 0 Å². The second-order valence-corrected chi connectivity index (χ2v) is 12.2. The van der Waals surface area contributed by atoms with E-state index >= 15 is 0 Å². The van der Waals surface area contributed by atoms with Gasteiger partial charge in [0.25, 0.3) is 0 Å². The van der Waals surface area contributed by atoms with E-state index < -0.39 is 0 Å². The highest BCUT2D eigenvalue weighted by Crippen LogP contribution is 2.63. The summed E-state index contributed by atoms with van der Waals surface area (Å²) in [5, 5.41) is 2.68. The molecular formula is C31H36N+. The van der Waals surface area contributed by atoms with Crippen LogP contribution in [0, 0.1) is 5.92 Å². The predicted octanol–water partition coefficient (Wildman–Crippen LogP) is 5.94. The van der Waals surface area contributed by atoms with Gasteiger partial charge in [-0.1, -0.05) is 93.6 Å². The highest BCUT2D eigenvalue weighted by molar-refractivity contribution is 5.54. The molecule has 1 nitrogen and oxygen atoms in total. The maximum absolute atomic E-state index is 2.68. The normalized spacial score (nSPS) is 32.3. The van der Waals surface area contributed by atoms with Crippen molar-refractivity contribution in [2.45, 2.75) is 75.8 Å². The smallest absolute Gasteiger partial charge is 0.146 e. The monoisotopic (exact) mass is 422 g/mol. The van der Waals surface area contributed by atoms with Crippen molar-refractivity contribution in [2.75, 3.05) is 0 Å². The summed E-state index contributed by atoms with van der Waals surface area (Å²) in [5.41, 5.74) is 9.73. The Balaban J connectivity index is 1.47. The van der Waals surface area contributed by atoms with Gasteiger partial charge in [-0.15, -0.1) is 0 Å². The molecule has 3 aliphatic rings. The molecule has 164 valence electrons. The second kappa shape index (κ2) is 6.35. The molecule has 0 saturated heterocycles. The molecule has 4 unspecified atom stereocenters. The summed E-state index contributed by atoms with van der Waals surface area (Å²) in [4.78, 5) is 0. The van der Waals surface area contributed by atoms with Gasteiger partial charge < -0.3 is 5.32 Å². The van der Waals surface area contributed by atoms with E-state index in [2.05, 4.69) is 113 Å². The van der Waals surface area contributed by atoms with Gasteiger partial charge in [-0.25, -0.2) is 0 Å². The maximum atomic E-state index is 2.68. The van der Waals surface area contributed by atoms with E-state index in [1.807, 2.05) is 0 Å². The predicted molar refractivity (Wildman–Crippen MR) is 132 cm³/mol. The fourth-order valence-corrected chi connectivity index (χ4v) is 7.28. The summed E-state index contributed by atoms with van der Waals surface area (Å²) in [6.07, 6.45) is 3.72. The van der Waals surface area contributed by atoms with Gasteiger partial charge in [0.05, 0.1) is 0 Å². The summed E-state index contributed by atoms with van der Waals surface area (Å²) in [6.45, 7) is 11.9. The Morgan fingerprint density at radius 1 is 0.750 bits per heavy atom. The molecule has 2 heterocycles. The Labute approximate surface area is 193 Å². The van der Waals surface area contributed by atoms with Gasteiger partial charge in [-0.2, -0.15) is 0 Å². The average molecular weight is 423 g/mol. The van der Waals surface area contributed by atoms with Crippen LogP contribution >= 0.6 is 0 Å². The van der Waals surface area contributed by atoms with E-state index in [0.29, 0.717) is 0 Å². The Bertz CT molecular complexity index is 1200. The Morgan fingerprint density at radius 3 is 1.94 bits per heavy atom. The first-order valence-electron chi connectivity index (χ1n) is 12.3. The van der Waals surface area contributed by atoms with E-state index in [9.17, 15) is 0 Å². The lowest BCUT2D eigenvalue weighted by Crippen LogP contribution is -2.99. The third kappa shape index (κ3) is 2.73. The number of benzene rings is 3. The third-order valence-corrected chi connectivity index (χ3v) is 8.97. The molecule has 3 aromatic rings. The molecule has 2 N–H and O–H groups in total. The molecule has 3 aromatic carbocycles. The molecule has 2 aliphatic heterocycles. The molecule has 2 bridgehead atoms. The quantitative estimate of drug-likeness (QED) is 0.526. The van der Waals surface area contributed by atoms with Crippen LogP contribution in [-0.2, 0) is 28.3 Å². The first kappa shape index (κ1) is 20.2. The molecule has 1 saturated carbocycles. The van der Waals surface area contributed by atoms with E-state index in [4.69, 9.17) is 0 Å². The molecule has 32 heavy (non-hydrogen) atoms. The molecule has 0 spiro atoms. The zero-order valence-corrected chi connectivity index (χ0v) is 20.2. The van der Waals surface area contributed by atoms with Gasteiger partial charge in [0.15, 0.2) is 0 Å². The average Bonchev–Trinajstić information content (AvgIpc) is 3.37. The molecule has 1 aliphatic carbocycles. The number of quaternary nitrogens is 1. The van der Waals surface area contributed by atoms with E-state index in [-0.39, 0.29) is 21.9 Å². The number of nitrogens with two attached hydrogens (primary N) is 1. The van der Waals surface area contributed by atoms with E-state index in [1.165, 1.54) is 35.1 Å². The third-order valence-electron chi connectivity index (χ3n) is 8.97. The fourth-order valence-electron chi connectivity index (χ4n) is 7.28. The number of hydrogen-bond acceptors (Lipinski definition) is 0. The summed E-state index contributed by atoms with van der Waals surface area (Å²) >= 11 is 0. The van der Waals surface area contributed by atoms with Gasteiger partial charge in [-0.05, 0) is 54.7 Å². The molecule has 0 amide bonds. The van der Waals surface area contributed by atoms with Crippen molar-refractivity contribution >= 4 is 0 Å². The van der Waals surface area contributed by atoms with Gasteiger partial charge >= 0.3 is 0 Å². The molecule has 1 fully saturated rings. The van der Waals surface area contributed by atoms with Crippen molar-refractivity contribution < 1.29 is 5.32 Å². The van der Waals surface area contributed by atoms with Gasteiger partial charge in [0.2, 0.25) is 0 Å². The molecule has 1 heteroatoms. The van der Waals surface area contributed by atoms with Crippen molar-refractivity contribution in [2.24, 2.45) is 5.92 Å². The van der Waals surface area contributed by atoms with Crippen molar-refractivity contribution in [3.8, 4) is 0 Å². The summed E-state index contributed by atoms with van der Waals surface area (Å²) in [5.74, 6) is 0.739. The first-order chi connectivity index (χ1) is 15.2. The maximum Gasteiger partial charge on any atom is 0.146 e. The first-order valence-corrected chi connectivity index (χ1v) is 12.3. The lowest BCUT2D eigenvalue weighted by molar-refractivity contribution is -0.783. The molecule has 0 radical (unpaired) electrons. The van der Waals surface area contributed by atoms with Crippen LogP contribution in [0.15, 0.2) is 72.8 Å². The Morgan fingerprint density at radius 2 is 1.31 bits per heavy atom. The van der Waals surface area contributed by atoms with Gasteiger partial charge in [0.1, 0.15) is 11.1 Å². The van der Waals surface area contributed by atoms with Crippen molar-refractivity contribution in [3.63, 3.8) is 0 Å². The number of fused-ring (bicyclic) bond motifs is 9. The summed E-state index contributed by atoms with van der Waals surface area (Å²) in [7, 11) is 0. The summed E-state index contributed by atoms with van der Waals surface area (Å²) in [6, 6.07) is 28.1. The highest BCUT2D eigenvalue weighted by Gasteiger charge is 2.65. The Hall–Kier alpha value is -2.38. The van der Waals surface area contributed by atoms with Gasteiger partial charge in [-0.3, -0.25) is 0 Å². The second-order valence-electron chi connectivity index (χ2n) is 12.2. The van der Waals surface area contributed by atoms with Crippen LogP contribution < -0.4 is 5.32 Å². The van der Waals surface area contributed by atoms with E-state index in [1.54, 1.807) is 11.1 Å². The minimum Gasteiger partial charge on any atom is -0.326 e. The summed E-state index contributed by atoms with van der Waals surface area (Å²) < 4.78 is 0. The largest absolute Gasteiger partial charge is 0.326 e. The topological polar surface area (TPSA) is 16.6 Å². The van der Waals surface area contributed by atoms with Crippen molar-refractivity contribution in [3.05, 3.63) is 106 Å². The van der Waals surface area contributed by atoms with Crippen molar-refractivity contribution in [1.82, 2.24) is 0 Å². The lowest BCUT2D eigenvalue weighted by Gasteiger charge is -2.36. The van der Waals surface area contributed by atoms with Gasteiger partial charge in [0, 0.05) is 28.5 Å². The molecule has 4 atom stereocenters. The zero-order chi connectivity index (χ0) is 22.4. The lowest BCUT2D eigenvalue weighted by atomic mass is 9.75. The molecular weight excluding hydrogens is 386 g/mol. The fraction of sp³-hybridized carbons (Fsp3) is 0.419. The minimum atomic E-state index is -0.0153.